The fourth-order valence-corrected chi connectivity index (χ4v) is 4.08. The number of hydrogen-bond donors (Lipinski definition) is 1. The van der Waals surface area contributed by atoms with Gasteiger partial charge in [-0.15, -0.1) is 11.8 Å². The Morgan fingerprint density at radius 2 is 2.07 bits per heavy atom. The van der Waals surface area contributed by atoms with E-state index in [4.69, 9.17) is 9.15 Å². The Balaban J connectivity index is 1.26. The van der Waals surface area contributed by atoms with Crippen LogP contribution in [0.1, 0.15) is 36.8 Å². The van der Waals surface area contributed by atoms with E-state index in [2.05, 4.69) is 28.4 Å². The van der Waals surface area contributed by atoms with Crippen molar-refractivity contribution in [3.05, 3.63) is 54.0 Å². The summed E-state index contributed by atoms with van der Waals surface area (Å²) in [5, 5.41) is 2.94. The first-order valence-corrected chi connectivity index (χ1v) is 11.2. The van der Waals surface area contributed by atoms with Crippen LogP contribution in [0.2, 0.25) is 0 Å². The molecule has 0 saturated carbocycles. The molecule has 1 aromatic carbocycles. The van der Waals surface area contributed by atoms with Gasteiger partial charge in [-0.25, -0.2) is 0 Å². The standard InChI is InChI=1S/C22H30N2O3S/c25-22(18-28-17-20-8-13-26-16-20)23-9-5-12-27-21-7-4-6-19(14-21)15-24-10-2-1-3-11-24/h4,6-8,13-14,16H,1-3,5,9-12,15,17-18H2,(H,23,25). The predicted octanol–water partition coefficient (Wildman–Crippen LogP) is 4.08. The number of carbonyl (C=O) groups excluding carboxylic acids is 1. The second-order valence-corrected chi connectivity index (χ2v) is 8.15. The molecule has 0 aliphatic carbocycles. The van der Waals surface area contributed by atoms with E-state index in [1.165, 1.54) is 37.9 Å². The van der Waals surface area contributed by atoms with Gasteiger partial charge in [-0.05, 0) is 56.1 Å². The largest absolute Gasteiger partial charge is 0.494 e. The van der Waals surface area contributed by atoms with E-state index in [1.807, 2.05) is 12.1 Å². The highest BCUT2D eigenvalue weighted by Crippen LogP contribution is 2.17. The van der Waals surface area contributed by atoms with E-state index in [0.717, 1.165) is 30.0 Å². The van der Waals surface area contributed by atoms with Crippen molar-refractivity contribution in [2.75, 3.05) is 32.0 Å². The number of amides is 1. The molecular formula is C22H30N2O3S. The maximum Gasteiger partial charge on any atom is 0.230 e. The molecule has 0 radical (unpaired) electrons. The van der Waals surface area contributed by atoms with Gasteiger partial charge in [-0.3, -0.25) is 9.69 Å². The van der Waals surface area contributed by atoms with E-state index in [-0.39, 0.29) is 5.91 Å². The number of nitrogens with one attached hydrogen (secondary N) is 1. The molecule has 1 aliphatic heterocycles. The fourth-order valence-electron chi connectivity index (χ4n) is 3.29. The zero-order chi connectivity index (χ0) is 19.4. The molecular weight excluding hydrogens is 372 g/mol. The first kappa shape index (κ1) is 20.8. The lowest BCUT2D eigenvalue weighted by molar-refractivity contribution is -0.118. The smallest absolute Gasteiger partial charge is 0.230 e. The van der Waals surface area contributed by atoms with Gasteiger partial charge in [0, 0.05) is 24.4 Å². The second kappa shape index (κ2) is 11.8. The lowest BCUT2D eigenvalue weighted by Gasteiger charge is -2.26. The summed E-state index contributed by atoms with van der Waals surface area (Å²) in [6.07, 6.45) is 8.14. The molecule has 6 heteroatoms. The summed E-state index contributed by atoms with van der Waals surface area (Å²) in [5.41, 5.74) is 2.41. The Kier molecular flexibility index (Phi) is 8.78. The first-order valence-electron chi connectivity index (χ1n) is 10.1. The molecule has 0 unspecified atom stereocenters. The molecule has 0 spiro atoms. The highest BCUT2D eigenvalue weighted by Gasteiger charge is 2.10. The maximum absolute atomic E-state index is 11.8. The zero-order valence-corrected chi connectivity index (χ0v) is 17.2. The molecule has 5 nitrogen and oxygen atoms in total. The summed E-state index contributed by atoms with van der Waals surface area (Å²) in [5.74, 6) is 2.24. The number of furan rings is 1. The molecule has 2 aromatic rings. The Hall–Kier alpha value is -1.92. The molecule has 3 rings (SSSR count). The van der Waals surface area contributed by atoms with E-state index in [9.17, 15) is 4.79 Å². The number of piperidine rings is 1. The third-order valence-electron chi connectivity index (χ3n) is 4.75. The number of benzene rings is 1. The van der Waals surface area contributed by atoms with Crippen molar-refractivity contribution < 1.29 is 13.9 Å². The van der Waals surface area contributed by atoms with Crippen LogP contribution in [0.15, 0.2) is 47.3 Å². The van der Waals surface area contributed by atoms with Crippen LogP contribution in [0, 0.1) is 0 Å². The Labute approximate surface area is 171 Å². The molecule has 1 saturated heterocycles. The Morgan fingerprint density at radius 3 is 2.89 bits per heavy atom. The fraction of sp³-hybridized carbons (Fsp3) is 0.500. The van der Waals surface area contributed by atoms with Crippen LogP contribution in [-0.2, 0) is 17.1 Å². The highest BCUT2D eigenvalue weighted by molar-refractivity contribution is 7.99. The molecule has 0 atom stereocenters. The van der Waals surface area contributed by atoms with Gasteiger partial charge in [0.25, 0.3) is 0 Å². The van der Waals surface area contributed by atoms with Crippen LogP contribution in [-0.4, -0.2) is 42.8 Å². The lowest BCUT2D eigenvalue weighted by atomic mass is 10.1. The van der Waals surface area contributed by atoms with Gasteiger partial charge in [-0.1, -0.05) is 18.6 Å². The van der Waals surface area contributed by atoms with E-state index >= 15 is 0 Å². The van der Waals surface area contributed by atoms with Gasteiger partial charge >= 0.3 is 0 Å². The van der Waals surface area contributed by atoms with Crippen molar-refractivity contribution in [2.45, 2.75) is 38.0 Å². The molecule has 1 aliphatic rings. The zero-order valence-electron chi connectivity index (χ0n) is 16.4. The molecule has 1 fully saturated rings. The molecule has 1 N–H and O–H groups in total. The number of rotatable bonds is 11. The van der Waals surface area contributed by atoms with Crippen LogP contribution in [0.25, 0.3) is 0 Å². The van der Waals surface area contributed by atoms with Crippen LogP contribution >= 0.6 is 11.8 Å². The lowest BCUT2D eigenvalue weighted by Crippen LogP contribution is -2.29. The average Bonchev–Trinajstić information content (AvgIpc) is 3.22. The molecule has 0 bridgehead atoms. The van der Waals surface area contributed by atoms with Gasteiger partial charge in [0.05, 0.1) is 24.9 Å². The number of thioether (sulfide) groups is 1. The Bertz CT molecular complexity index is 700. The summed E-state index contributed by atoms with van der Waals surface area (Å²) in [4.78, 5) is 14.4. The number of nitrogens with zero attached hydrogens (tertiary/aromatic N) is 1. The van der Waals surface area contributed by atoms with Crippen LogP contribution in [0.5, 0.6) is 5.75 Å². The van der Waals surface area contributed by atoms with Crippen molar-refractivity contribution in [3.63, 3.8) is 0 Å². The minimum absolute atomic E-state index is 0.0667. The number of ether oxygens (including phenoxy) is 1. The topological polar surface area (TPSA) is 54.7 Å². The predicted molar refractivity (Wildman–Crippen MR) is 114 cm³/mol. The number of carbonyl (C=O) groups is 1. The molecule has 1 aromatic heterocycles. The normalized spacial score (nSPS) is 14.7. The van der Waals surface area contributed by atoms with Crippen LogP contribution in [0.4, 0.5) is 0 Å². The quantitative estimate of drug-likeness (QED) is 0.574. The van der Waals surface area contributed by atoms with Gasteiger partial charge < -0.3 is 14.5 Å². The van der Waals surface area contributed by atoms with E-state index in [0.29, 0.717) is 18.9 Å². The average molecular weight is 403 g/mol. The Morgan fingerprint density at radius 1 is 1.18 bits per heavy atom. The monoisotopic (exact) mass is 402 g/mol. The SMILES string of the molecule is O=C(CSCc1ccoc1)NCCCOc1cccc(CN2CCCCC2)c1. The third-order valence-corrected chi connectivity index (χ3v) is 5.75. The molecule has 2 heterocycles. The summed E-state index contributed by atoms with van der Waals surface area (Å²) < 4.78 is 10.9. The van der Waals surface area contributed by atoms with Crippen molar-refractivity contribution in [3.8, 4) is 5.75 Å². The summed E-state index contributed by atoms with van der Waals surface area (Å²) in [6.45, 7) is 4.65. The molecule has 1 amide bonds. The minimum Gasteiger partial charge on any atom is -0.494 e. The summed E-state index contributed by atoms with van der Waals surface area (Å²) in [6, 6.07) is 10.3. The minimum atomic E-state index is 0.0667. The first-order chi connectivity index (χ1) is 13.8. The number of likely N-dealkylation sites (tertiary alicyclic amines) is 1. The highest BCUT2D eigenvalue weighted by atomic mass is 32.2. The molecule has 152 valence electrons. The van der Waals surface area contributed by atoms with Crippen LogP contribution in [0.3, 0.4) is 0 Å². The maximum atomic E-state index is 11.8. The van der Waals surface area contributed by atoms with Crippen molar-refractivity contribution in [1.82, 2.24) is 10.2 Å². The summed E-state index contributed by atoms with van der Waals surface area (Å²) >= 11 is 1.59. The third kappa shape index (κ3) is 7.60. The van der Waals surface area contributed by atoms with E-state index < -0.39 is 0 Å². The van der Waals surface area contributed by atoms with Gasteiger partial charge in [0.1, 0.15) is 5.75 Å². The van der Waals surface area contributed by atoms with Gasteiger partial charge in [0.15, 0.2) is 0 Å². The number of hydrogen-bond acceptors (Lipinski definition) is 5. The second-order valence-electron chi connectivity index (χ2n) is 7.16. The van der Waals surface area contributed by atoms with Crippen molar-refractivity contribution >= 4 is 17.7 Å². The molecule has 28 heavy (non-hydrogen) atoms. The van der Waals surface area contributed by atoms with Crippen LogP contribution < -0.4 is 10.1 Å². The van der Waals surface area contributed by atoms with Crippen molar-refractivity contribution in [2.24, 2.45) is 0 Å². The van der Waals surface area contributed by atoms with E-state index in [1.54, 1.807) is 24.3 Å². The van der Waals surface area contributed by atoms with Crippen molar-refractivity contribution in [1.29, 1.82) is 0 Å². The van der Waals surface area contributed by atoms with Gasteiger partial charge in [0.2, 0.25) is 5.91 Å². The van der Waals surface area contributed by atoms with Gasteiger partial charge in [-0.2, -0.15) is 0 Å². The summed E-state index contributed by atoms with van der Waals surface area (Å²) in [7, 11) is 0.